The van der Waals surface area contributed by atoms with Crippen LogP contribution in [0.3, 0.4) is 0 Å². The molecule has 0 aliphatic rings. The van der Waals surface area contributed by atoms with Crippen molar-refractivity contribution in [3.63, 3.8) is 0 Å². The van der Waals surface area contributed by atoms with Gasteiger partial charge >= 0.3 is 0 Å². The fourth-order valence-electron chi connectivity index (χ4n) is 2.40. The highest BCUT2D eigenvalue weighted by Crippen LogP contribution is 2.27. The zero-order valence-electron chi connectivity index (χ0n) is 13.3. The number of rotatable bonds is 8. The Kier molecular flexibility index (Phi) is 5.65. The van der Waals surface area contributed by atoms with Crippen molar-refractivity contribution in [3.05, 3.63) is 30.5 Å². The van der Waals surface area contributed by atoms with Crippen molar-refractivity contribution < 1.29 is 14.2 Å². The lowest BCUT2D eigenvalue weighted by molar-refractivity contribution is -0.143. The van der Waals surface area contributed by atoms with Gasteiger partial charge in [0.15, 0.2) is 6.29 Å². The second-order valence-corrected chi connectivity index (χ2v) is 5.16. The Labute approximate surface area is 126 Å². The summed E-state index contributed by atoms with van der Waals surface area (Å²) in [5.74, 6) is 0.922. The first-order valence-electron chi connectivity index (χ1n) is 7.63. The van der Waals surface area contributed by atoms with Crippen molar-refractivity contribution in [1.82, 2.24) is 4.57 Å². The first-order valence-corrected chi connectivity index (χ1v) is 7.63. The van der Waals surface area contributed by atoms with Crippen LogP contribution < -0.4 is 4.74 Å². The number of hydrogen-bond acceptors (Lipinski definition) is 3. The fourth-order valence-corrected chi connectivity index (χ4v) is 2.40. The summed E-state index contributed by atoms with van der Waals surface area (Å²) in [6.45, 7) is 10.0. The van der Waals surface area contributed by atoms with E-state index in [1.54, 1.807) is 0 Å². The molecule has 0 unspecified atom stereocenters. The molecule has 0 amide bonds. The Morgan fingerprint density at radius 2 is 1.76 bits per heavy atom. The summed E-state index contributed by atoms with van der Waals surface area (Å²) < 4.78 is 19.3. The number of ether oxygens (including phenoxy) is 3. The highest BCUT2D eigenvalue weighted by atomic mass is 16.7. The van der Waals surface area contributed by atoms with Gasteiger partial charge in [-0.3, -0.25) is 0 Å². The second-order valence-electron chi connectivity index (χ2n) is 5.16. The number of hydrogen-bond donors (Lipinski definition) is 0. The molecule has 0 fully saturated rings. The summed E-state index contributed by atoms with van der Waals surface area (Å²) in [5, 5.41) is 1.12. The van der Waals surface area contributed by atoms with Crippen molar-refractivity contribution in [2.75, 3.05) is 13.2 Å². The molecule has 0 radical (unpaired) electrons. The van der Waals surface area contributed by atoms with E-state index in [-0.39, 0.29) is 12.4 Å². The molecule has 0 spiro atoms. The van der Waals surface area contributed by atoms with Gasteiger partial charge in [-0.05, 0) is 45.9 Å². The Balaban J connectivity index is 2.25. The topological polar surface area (TPSA) is 32.6 Å². The Morgan fingerprint density at radius 3 is 2.38 bits per heavy atom. The standard InChI is InChI=1S/C17H25NO3/c1-5-19-17(20-6-2)12-18-11-10-14-15(18)8-7-9-16(14)21-13(3)4/h7-11,13,17H,5-6,12H2,1-4H3. The quantitative estimate of drug-likeness (QED) is 0.693. The lowest BCUT2D eigenvalue weighted by atomic mass is 10.2. The molecule has 0 aliphatic heterocycles. The summed E-state index contributed by atoms with van der Waals surface area (Å²) in [6, 6.07) is 8.21. The summed E-state index contributed by atoms with van der Waals surface area (Å²) in [4.78, 5) is 0. The van der Waals surface area contributed by atoms with E-state index in [1.165, 1.54) is 0 Å². The Hall–Kier alpha value is -1.52. The Morgan fingerprint density at radius 1 is 1.05 bits per heavy atom. The molecule has 4 heteroatoms. The van der Waals surface area contributed by atoms with Crippen LogP contribution in [0.1, 0.15) is 27.7 Å². The van der Waals surface area contributed by atoms with Crippen LogP contribution in [-0.4, -0.2) is 30.2 Å². The van der Waals surface area contributed by atoms with E-state index in [2.05, 4.69) is 22.9 Å². The number of benzene rings is 1. The predicted molar refractivity (Wildman–Crippen MR) is 84.7 cm³/mol. The monoisotopic (exact) mass is 291 g/mol. The van der Waals surface area contributed by atoms with Gasteiger partial charge in [0.05, 0.1) is 18.2 Å². The van der Waals surface area contributed by atoms with Gasteiger partial charge in [-0.2, -0.15) is 0 Å². The van der Waals surface area contributed by atoms with E-state index in [0.717, 1.165) is 16.7 Å². The summed E-state index contributed by atoms with van der Waals surface area (Å²) in [6.07, 6.45) is 2.01. The summed E-state index contributed by atoms with van der Waals surface area (Å²) >= 11 is 0. The van der Waals surface area contributed by atoms with Crippen molar-refractivity contribution in [3.8, 4) is 5.75 Å². The molecule has 0 atom stereocenters. The van der Waals surface area contributed by atoms with Gasteiger partial charge in [-0.15, -0.1) is 0 Å². The first kappa shape index (κ1) is 15.9. The smallest absolute Gasteiger partial charge is 0.175 e. The number of nitrogens with zero attached hydrogens (tertiary/aromatic N) is 1. The molecule has 1 heterocycles. The number of fused-ring (bicyclic) bond motifs is 1. The molecular weight excluding hydrogens is 266 g/mol. The van der Waals surface area contributed by atoms with Crippen molar-refractivity contribution in [2.24, 2.45) is 0 Å². The molecule has 4 nitrogen and oxygen atoms in total. The van der Waals surface area contributed by atoms with Gasteiger partial charge in [0.25, 0.3) is 0 Å². The van der Waals surface area contributed by atoms with Crippen LogP contribution in [-0.2, 0) is 16.0 Å². The van der Waals surface area contributed by atoms with Gasteiger partial charge in [-0.1, -0.05) is 6.07 Å². The van der Waals surface area contributed by atoms with E-state index in [0.29, 0.717) is 19.8 Å². The van der Waals surface area contributed by atoms with Crippen molar-refractivity contribution in [1.29, 1.82) is 0 Å². The lowest BCUT2D eigenvalue weighted by Gasteiger charge is -2.18. The van der Waals surface area contributed by atoms with Crippen molar-refractivity contribution in [2.45, 2.75) is 46.6 Å². The fraction of sp³-hybridized carbons (Fsp3) is 0.529. The molecular formula is C17H25NO3. The molecule has 2 rings (SSSR count). The molecule has 0 N–H and O–H groups in total. The predicted octanol–water partition coefficient (Wildman–Crippen LogP) is 3.83. The third kappa shape index (κ3) is 3.99. The molecule has 0 saturated heterocycles. The van der Waals surface area contributed by atoms with E-state index < -0.39 is 0 Å². The summed E-state index contributed by atoms with van der Waals surface area (Å²) in [5.41, 5.74) is 1.14. The van der Waals surface area contributed by atoms with E-state index in [4.69, 9.17) is 14.2 Å². The normalized spacial score (nSPS) is 11.7. The average Bonchev–Trinajstić information content (AvgIpc) is 2.83. The maximum absolute atomic E-state index is 5.86. The van der Waals surface area contributed by atoms with Crippen LogP contribution >= 0.6 is 0 Å². The van der Waals surface area contributed by atoms with Gasteiger partial charge < -0.3 is 18.8 Å². The van der Waals surface area contributed by atoms with E-state index in [1.807, 2.05) is 39.8 Å². The van der Waals surface area contributed by atoms with Gasteiger partial charge in [0, 0.05) is 24.8 Å². The number of aromatic nitrogens is 1. The SMILES string of the molecule is CCOC(Cn1ccc2c(OC(C)C)cccc21)OCC. The van der Waals surface area contributed by atoms with Crippen LogP contribution in [0.15, 0.2) is 30.5 Å². The van der Waals surface area contributed by atoms with Gasteiger partial charge in [0.1, 0.15) is 5.75 Å². The maximum Gasteiger partial charge on any atom is 0.175 e. The van der Waals surface area contributed by atoms with Crippen LogP contribution in [0.4, 0.5) is 0 Å². The lowest BCUT2D eigenvalue weighted by Crippen LogP contribution is -2.23. The van der Waals surface area contributed by atoms with Crippen LogP contribution in [0.2, 0.25) is 0 Å². The third-order valence-corrected chi connectivity index (χ3v) is 3.19. The minimum absolute atomic E-state index is 0.165. The Bertz CT molecular complexity index is 556. The molecule has 0 saturated carbocycles. The zero-order chi connectivity index (χ0) is 15.2. The van der Waals surface area contributed by atoms with Crippen LogP contribution in [0, 0.1) is 0 Å². The van der Waals surface area contributed by atoms with Gasteiger partial charge in [-0.25, -0.2) is 0 Å². The van der Waals surface area contributed by atoms with E-state index >= 15 is 0 Å². The largest absolute Gasteiger partial charge is 0.490 e. The molecule has 1 aromatic heterocycles. The van der Waals surface area contributed by atoms with Crippen LogP contribution in [0.25, 0.3) is 10.9 Å². The van der Waals surface area contributed by atoms with Gasteiger partial charge in [0.2, 0.25) is 0 Å². The zero-order valence-corrected chi connectivity index (χ0v) is 13.3. The molecule has 116 valence electrons. The van der Waals surface area contributed by atoms with Crippen molar-refractivity contribution >= 4 is 10.9 Å². The first-order chi connectivity index (χ1) is 10.2. The summed E-state index contributed by atoms with van der Waals surface area (Å²) in [7, 11) is 0. The minimum atomic E-state index is -0.217. The third-order valence-electron chi connectivity index (χ3n) is 3.19. The highest BCUT2D eigenvalue weighted by Gasteiger charge is 2.13. The second kappa shape index (κ2) is 7.48. The van der Waals surface area contributed by atoms with Crippen LogP contribution in [0.5, 0.6) is 5.75 Å². The maximum atomic E-state index is 5.86. The highest BCUT2D eigenvalue weighted by molar-refractivity contribution is 5.86. The minimum Gasteiger partial charge on any atom is -0.490 e. The molecule has 0 aliphatic carbocycles. The molecule has 1 aromatic carbocycles. The molecule has 2 aromatic rings. The molecule has 0 bridgehead atoms. The molecule has 21 heavy (non-hydrogen) atoms. The average molecular weight is 291 g/mol. The van der Waals surface area contributed by atoms with E-state index in [9.17, 15) is 0 Å².